The first kappa shape index (κ1) is 11.0. The summed E-state index contributed by atoms with van der Waals surface area (Å²) in [5.41, 5.74) is 0. The van der Waals surface area contributed by atoms with E-state index in [9.17, 15) is 20.4 Å². The fraction of sp³-hybridized carbons (Fsp3) is 0.778. The van der Waals surface area contributed by atoms with Crippen LogP contribution in [0.5, 0.6) is 0 Å². The molecule has 0 spiro atoms. The average Bonchev–Trinajstić information content (AvgIpc) is 2.41. The van der Waals surface area contributed by atoms with Crippen LogP contribution >= 0.6 is 0 Å². The smallest absolute Gasteiger partial charge is 0.198 e. The van der Waals surface area contributed by atoms with Crippen LogP contribution < -0.4 is 0 Å². The molecule has 1 heterocycles. The predicted molar refractivity (Wildman–Crippen MR) is 49.7 cm³/mol. The second kappa shape index (κ2) is 4.56. The largest absolute Gasteiger partial charge is 0.394 e. The Labute approximate surface area is 88.5 Å². The second-order valence-corrected chi connectivity index (χ2v) is 3.54. The number of rotatable bonds is 4. The third-order valence-corrected chi connectivity index (χ3v) is 2.41. The molecule has 0 saturated carbocycles. The molecule has 6 nitrogen and oxygen atoms in total. The summed E-state index contributed by atoms with van der Waals surface area (Å²) in [7, 11) is 0. The van der Waals surface area contributed by atoms with Crippen molar-refractivity contribution in [3.8, 4) is 0 Å². The summed E-state index contributed by atoms with van der Waals surface area (Å²) in [6, 6.07) is -0.187. The van der Waals surface area contributed by atoms with Gasteiger partial charge in [-0.2, -0.15) is 0 Å². The molecular weight excluding hydrogens is 204 g/mol. The van der Waals surface area contributed by atoms with Crippen LogP contribution in [0.4, 0.5) is 0 Å². The van der Waals surface area contributed by atoms with E-state index in [0.29, 0.717) is 0 Å². The molecule has 5 atom stereocenters. The Bertz CT molecular complexity index is 273. The highest BCUT2D eigenvalue weighted by Crippen LogP contribution is 2.33. The Morgan fingerprint density at radius 1 is 1.60 bits per heavy atom. The molecule has 6 heteroatoms. The van der Waals surface area contributed by atoms with E-state index in [-0.39, 0.29) is 12.5 Å². The van der Waals surface area contributed by atoms with Gasteiger partial charge < -0.3 is 30.3 Å². The maximum Gasteiger partial charge on any atom is 0.198 e. The van der Waals surface area contributed by atoms with Crippen LogP contribution in [0.2, 0.25) is 0 Å². The van der Waals surface area contributed by atoms with Crippen LogP contribution in [0.1, 0.15) is 7.79 Å². The van der Waals surface area contributed by atoms with Crippen LogP contribution in [0, 0.1) is 0 Å². The Morgan fingerprint density at radius 2 is 2.20 bits per heavy atom. The molecule has 88 valence electrons. The van der Waals surface area contributed by atoms with E-state index in [1.54, 1.807) is 0 Å². The van der Waals surface area contributed by atoms with Gasteiger partial charge in [0.2, 0.25) is 0 Å². The lowest BCUT2D eigenvalue weighted by atomic mass is 10.0. The molecule has 0 aromatic carbocycles. The van der Waals surface area contributed by atoms with Gasteiger partial charge in [0.25, 0.3) is 0 Å². The van der Waals surface area contributed by atoms with E-state index in [1.165, 1.54) is 0 Å². The highest BCUT2D eigenvalue weighted by atomic mass is 16.7. The van der Waals surface area contributed by atoms with Crippen LogP contribution in [0.25, 0.3) is 0 Å². The average molecular weight is 221 g/mol. The van der Waals surface area contributed by atoms with Gasteiger partial charge in [-0.25, -0.2) is 0 Å². The second-order valence-electron chi connectivity index (χ2n) is 3.54. The van der Waals surface area contributed by atoms with Crippen molar-refractivity contribution < 1.29 is 31.6 Å². The Morgan fingerprint density at radius 3 is 2.67 bits per heavy atom. The monoisotopic (exact) mass is 221 g/mol. The normalized spacial score (nSPS) is 43.8. The van der Waals surface area contributed by atoms with Gasteiger partial charge in [0.15, 0.2) is 5.79 Å². The third kappa shape index (κ3) is 2.20. The van der Waals surface area contributed by atoms with Crippen LogP contribution in [-0.2, 0) is 4.74 Å². The highest BCUT2D eigenvalue weighted by Gasteiger charge is 2.54. The van der Waals surface area contributed by atoms with Gasteiger partial charge in [-0.3, -0.25) is 0 Å². The molecule has 1 aliphatic rings. The fourth-order valence-electron chi connectivity index (χ4n) is 1.56. The van der Waals surface area contributed by atoms with E-state index in [2.05, 4.69) is 6.58 Å². The van der Waals surface area contributed by atoms with Crippen molar-refractivity contribution in [2.24, 2.45) is 0 Å². The van der Waals surface area contributed by atoms with Crippen molar-refractivity contribution in [2.45, 2.75) is 36.6 Å². The summed E-state index contributed by atoms with van der Waals surface area (Å²) in [5.74, 6) is -2.15. The summed E-state index contributed by atoms with van der Waals surface area (Å²) in [6.45, 7) is 2.56. The van der Waals surface area contributed by atoms with E-state index in [4.69, 9.17) is 11.2 Å². The van der Waals surface area contributed by atoms with Crippen LogP contribution in [0.15, 0.2) is 12.6 Å². The summed E-state index contributed by atoms with van der Waals surface area (Å²) in [5, 5.41) is 46.8. The zero-order valence-electron chi connectivity index (χ0n) is 9.08. The molecule has 0 aromatic heterocycles. The van der Waals surface area contributed by atoms with Crippen molar-refractivity contribution >= 4 is 0 Å². The Hall–Kier alpha value is -0.500. The summed E-state index contributed by atoms with van der Waals surface area (Å²) in [6.07, 6.45) is -6.31. The van der Waals surface area contributed by atoms with Crippen molar-refractivity contribution in [3.63, 3.8) is 0 Å². The molecule has 1 unspecified atom stereocenters. The lowest BCUT2D eigenvalue weighted by Gasteiger charge is -2.24. The van der Waals surface area contributed by atoms with Gasteiger partial charge in [-0.15, -0.1) is 6.58 Å². The van der Waals surface area contributed by atoms with Crippen LogP contribution in [-0.4, -0.2) is 62.3 Å². The van der Waals surface area contributed by atoms with Crippen molar-refractivity contribution in [1.82, 2.24) is 0 Å². The molecule has 0 bridgehead atoms. The van der Waals surface area contributed by atoms with Crippen molar-refractivity contribution in [2.75, 3.05) is 6.61 Å². The molecule has 1 aliphatic heterocycles. The van der Waals surface area contributed by atoms with Crippen molar-refractivity contribution in [3.05, 3.63) is 12.6 Å². The first-order valence-corrected chi connectivity index (χ1v) is 4.51. The zero-order valence-corrected chi connectivity index (χ0v) is 8.08. The quantitative estimate of drug-likeness (QED) is 0.342. The number of aliphatic hydroxyl groups excluding tert-OH is 4. The van der Waals surface area contributed by atoms with Gasteiger partial charge in [0.05, 0.1) is 7.98 Å². The summed E-state index contributed by atoms with van der Waals surface area (Å²) >= 11 is 0. The Balaban J connectivity index is 2.81. The van der Waals surface area contributed by atoms with Gasteiger partial charge in [-0.05, 0) is 0 Å². The van der Waals surface area contributed by atoms with Crippen LogP contribution in [0.3, 0.4) is 0 Å². The van der Waals surface area contributed by atoms with E-state index >= 15 is 0 Å². The van der Waals surface area contributed by atoms with Crippen molar-refractivity contribution in [1.29, 1.82) is 0 Å². The van der Waals surface area contributed by atoms with E-state index < -0.39 is 36.8 Å². The molecular formula is C9H16O6. The summed E-state index contributed by atoms with van der Waals surface area (Å²) in [4.78, 5) is 0. The number of aliphatic hydroxyl groups is 5. The molecule has 0 amide bonds. The van der Waals surface area contributed by atoms with E-state index in [0.717, 1.165) is 0 Å². The number of hydrogen-bond donors (Lipinski definition) is 5. The Kier molecular flexibility index (Phi) is 3.35. The van der Waals surface area contributed by atoms with Gasteiger partial charge in [0.1, 0.15) is 24.4 Å². The molecule has 1 fully saturated rings. The topological polar surface area (TPSA) is 110 Å². The molecule has 0 aromatic rings. The lowest BCUT2D eigenvalue weighted by Crippen LogP contribution is -2.43. The zero-order chi connectivity index (χ0) is 12.5. The molecule has 15 heavy (non-hydrogen) atoms. The lowest BCUT2D eigenvalue weighted by molar-refractivity contribution is -0.235. The minimum atomic E-state index is -2.15. The fourth-order valence-corrected chi connectivity index (χ4v) is 1.56. The molecule has 5 N–H and O–H groups in total. The standard InChI is InChI=1S/C9H16O6/c1-2-3-9(14)8(13)6(12)7(15-9)5(11)4-10/h2,5-8,10-14H,1,3-4H2/t5-,6+,7+,8-,9?/m1/s1/i2D. The maximum absolute atomic E-state index is 9.81. The molecule has 1 saturated heterocycles. The summed E-state index contributed by atoms with van der Waals surface area (Å²) < 4.78 is 12.0. The number of hydrogen-bond acceptors (Lipinski definition) is 6. The first-order chi connectivity index (χ1) is 7.31. The predicted octanol–water partition coefficient (Wildman–Crippen LogP) is -2.28. The third-order valence-electron chi connectivity index (χ3n) is 2.41. The minimum Gasteiger partial charge on any atom is -0.394 e. The maximum atomic E-state index is 9.81. The van der Waals surface area contributed by atoms with Gasteiger partial charge in [0, 0.05) is 6.42 Å². The van der Waals surface area contributed by atoms with E-state index in [1.807, 2.05) is 0 Å². The van der Waals surface area contributed by atoms with Gasteiger partial charge >= 0.3 is 0 Å². The SMILES string of the molecule is [2H]C(=C)CC1(O)O[C@@H]([C@H](O)CO)[C@H](O)[C@H]1O. The highest BCUT2D eigenvalue weighted by molar-refractivity contribution is 5.00. The molecule has 0 radical (unpaired) electrons. The number of ether oxygens (including phenoxy) is 1. The first-order valence-electron chi connectivity index (χ1n) is 5.01. The minimum absolute atomic E-state index is 0.187. The molecule has 1 rings (SSSR count). The van der Waals surface area contributed by atoms with Gasteiger partial charge in [-0.1, -0.05) is 6.05 Å². The molecule has 0 aliphatic carbocycles.